The van der Waals surface area contributed by atoms with E-state index in [1.807, 2.05) is 14.0 Å². The predicted octanol–water partition coefficient (Wildman–Crippen LogP) is 2.73. The largest absolute Gasteiger partial charge is 0.370 e. The third kappa shape index (κ3) is 3.79. The predicted molar refractivity (Wildman–Crippen MR) is 77.4 cm³/mol. The molecule has 2 unspecified atom stereocenters. The molecule has 0 radical (unpaired) electrons. The van der Waals surface area contributed by atoms with Gasteiger partial charge in [-0.25, -0.2) is 0 Å². The smallest absolute Gasteiger partial charge is 0.228 e. The molecule has 1 N–H and O–H groups in total. The zero-order valence-corrected chi connectivity index (χ0v) is 13.3. The van der Waals surface area contributed by atoms with Crippen LogP contribution in [0.15, 0.2) is 4.52 Å². The molecule has 1 fully saturated rings. The van der Waals surface area contributed by atoms with Crippen LogP contribution in [0.5, 0.6) is 0 Å². The number of aromatic nitrogens is 2. The van der Waals surface area contributed by atoms with Gasteiger partial charge in [0.05, 0.1) is 0 Å². The molecule has 0 amide bonds. The maximum absolute atomic E-state index is 5.80. The first-order valence-electron chi connectivity index (χ1n) is 7.57. The summed E-state index contributed by atoms with van der Waals surface area (Å²) in [5, 5.41) is 7.48. The number of ether oxygens (including phenoxy) is 1. The standard InChI is InChI=1S/C15H27N3O2/c1-6-19-13(15(2,3)4)14-17-12(20-18-14)9-11(16-5)10-7-8-10/h10-11,13,16H,6-9H2,1-5H3. The molecule has 2 rings (SSSR count). The molecule has 1 aromatic rings. The number of rotatable bonds is 7. The van der Waals surface area contributed by atoms with Gasteiger partial charge in [-0.15, -0.1) is 0 Å². The van der Waals surface area contributed by atoms with Crippen LogP contribution in [0, 0.1) is 11.3 Å². The van der Waals surface area contributed by atoms with E-state index in [9.17, 15) is 0 Å². The van der Waals surface area contributed by atoms with Crippen molar-refractivity contribution in [2.45, 2.75) is 59.1 Å². The van der Waals surface area contributed by atoms with Gasteiger partial charge in [-0.05, 0) is 38.1 Å². The Bertz CT molecular complexity index is 421. The minimum atomic E-state index is -0.126. The van der Waals surface area contributed by atoms with E-state index in [-0.39, 0.29) is 11.5 Å². The highest BCUT2D eigenvalue weighted by Crippen LogP contribution is 2.36. The van der Waals surface area contributed by atoms with Crippen LogP contribution in [0.3, 0.4) is 0 Å². The molecule has 20 heavy (non-hydrogen) atoms. The van der Waals surface area contributed by atoms with Crippen LogP contribution in [0.25, 0.3) is 0 Å². The van der Waals surface area contributed by atoms with Gasteiger partial charge < -0.3 is 14.6 Å². The molecule has 5 nitrogen and oxygen atoms in total. The first-order chi connectivity index (χ1) is 9.45. The Morgan fingerprint density at radius 3 is 2.60 bits per heavy atom. The minimum Gasteiger partial charge on any atom is -0.370 e. The van der Waals surface area contributed by atoms with Gasteiger partial charge in [0, 0.05) is 19.1 Å². The highest BCUT2D eigenvalue weighted by Gasteiger charge is 2.34. The second kappa shape index (κ2) is 6.22. The molecular weight excluding hydrogens is 254 g/mol. The molecule has 0 aliphatic heterocycles. The SMILES string of the molecule is CCOC(c1noc(CC(NC)C2CC2)n1)C(C)(C)C. The van der Waals surface area contributed by atoms with Crippen LogP contribution in [0.2, 0.25) is 0 Å². The van der Waals surface area contributed by atoms with Crippen molar-refractivity contribution < 1.29 is 9.26 Å². The Hall–Kier alpha value is -0.940. The summed E-state index contributed by atoms with van der Waals surface area (Å²) in [4.78, 5) is 4.55. The number of hydrogen-bond donors (Lipinski definition) is 1. The van der Waals surface area contributed by atoms with Crippen LogP contribution < -0.4 is 5.32 Å². The molecule has 1 aliphatic rings. The van der Waals surface area contributed by atoms with Gasteiger partial charge in [0.2, 0.25) is 11.7 Å². The van der Waals surface area contributed by atoms with Crippen molar-refractivity contribution >= 4 is 0 Å². The van der Waals surface area contributed by atoms with Gasteiger partial charge in [-0.3, -0.25) is 0 Å². The lowest BCUT2D eigenvalue weighted by atomic mass is 9.88. The molecule has 114 valence electrons. The Balaban J connectivity index is 2.06. The van der Waals surface area contributed by atoms with E-state index in [0.29, 0.717) is 24.4 Å². The quantitative estimate of drug-likeness (QED) is 0.832. The first kappa shape index (κ1) is 15.4. The van der Waals surface area contributed by atoms with E-state index < -0.39 is 0 Å². The minimum absolute atomic E-state index is 0.0456. The molecule has 1 saturated carbocycles. The van der Waals surface area contributed by atoms with Crippen LogP contribution in [0.4, 0.5) is 0 Å². The third-order valence-electron chi connectivity index (χ3n) is 3.79. The van der Waals surface area contributed by atoms with E-state index in [2.05, 4.69) is 36.2 Å². The molecule has 2 atom stereocenters. The molecule has 1 aromatic heterocycles. The van der Waals surface area contributed by atoms with Crippen molar-refractivity contribution in [2.24, 2.45) is 11.3 Å². The summed E-state index contributed by atoms with van der Waals surface area (Å²) in [6.45, 7) is 9.02. The highest BCUT2D eigenvalue weighted by molar-refractivity contribution is 4.99. The molecule has 1 aliphatic carbocycles. The van der Waals surface area contributed by atoms with Crippen molar-refractivity contribution in [1.29, 1.82) is 0 Å². The Morgan fingerprint density at radius 2 is 2.10 bits per heavy atom. The van der Waals surface area contributed by atoms with E-state index in [4.69, 9.17) is 9.26 Å². The average molecular weight is 281 g/mol. The first-order valence-corrected chi connectivity index (χ1v) is 7.57. The van der Waals surface area contributed by atoms with Crippen molar-refractivity contribution in [1.82, 2.24) is 15.5 Å². The third-order valence-corrected chi connectivity index (χ3v) is 3.79. The van der Waals surface area contributed by atoms with Gasteiger partial charge in [-0.1, -0.05) is 25.9 Å². The lowest BCUT2D eigenvalue weighted by Crippen LogP contribution is -2.29. The van der Waals surface area contributed by atoms with Crippen LogP contribution in [-0.4, -0.2) is 29.8 Å². The summed E-state index contributed by atoms with van der Waals surface area (Å²) >= 11 is 0. The summed E-state index contributed by atoms with van der Waals surface area (Å²) in [7, 11) is 2.00. The van der Waals surface area contributed by atoms with E-state index in [1.54, 1.807) is 0 Å². The summed E-state index contributed by atoms with van der Waals surface area (Å²) in [5.74, 6) is 2.14. The van der Waals surface area contributed by atoms with Crippen LogP contribution in [-0.2, 0) is 11.2 Å². The lowest BCUT2D eigenvalue weighted by Gasteiger charge is -2.27. The average Bonchev–Trinajstić information content (AvgIpc) is 3.12. The second-order valence-corrected chi connectivity index (χ2v) is 6.68. The number of hydrogen-bond acceptors (Lipinski definition) is 5. The Labute approximate surface area is 121 Å². The monoisotopic (exact) mass is 281 g/mol. The Morgan fingerprint density at radius 1 is 1.40 bits per heavy atom. The van der Waals surface area contributed by atoms with Gasteiger partial charge in [-0.2, -0.15) is 4.98 Å². The van der Waals surface area contributed by atoms with Crippen molar-refractivity contribution in [3.05, 3.63) is 11.7 Å². The molecule has 5 heteroatoms. The molecule has 1 heterocycles. The molecule has 0 saturated heterocycles. The summed E-state index contributed by atoms with van der Waals surface area (Å²) in [6.07, 6.45) is 3.28. The van der Waals surface area contributed by atoms with Gasteiger partial charge >= 0.3 is 0 Å². The zero-order valence-electron chi connectivity index (χ0n) is 13.3. The maximum Gasteiger partial charge on any atom is 0.228 e. The van der Waals surface area contributed by atoms with Gasteiger partial charge in [0.25, 0.3) is 0 Å². The van der Waals surface area contributed by atoms with Crippen molar-refractivity contribution in [3.8, 4) is 0 Å². The topological polar surface area (TPSA) is 60.2 Å². The number of nitrogens with one attached hydrogen (secondary N) is 1. The molecule has 0 bridgehead atoms. The summed E-state index contributed by atoms with van der Waals surface area (Å²) < 4.78 is 11.2. The van der Waals surface area contributed by atoms with Gasteiger partial charge in [0.1, 0.15) is 6.10 Å². The van der Waals surface area contributed by atoms with Gasteiger partial charge in [0.15, 0.2) is 0 Å². The lowest BCUT2D eigenvalue weighted by molar-refractivity contribution is -0.0203. The fraction of sp³-hybridized carbons (Fsp3) is 0.867. The van der Waals surface area contributed by atoms with Crippen molar-refractivity contribution in [3.63, 3.8) is 0 Å². The summed E-state index contributed by atoms with van der Waals surface area (Å²) in [6, 6.07) is 0.448. The van der Waals surface area contributed by atoms with Crippen LogP contribution >= 0.6 is 0 Å². The molecular formula is C15H27N3O2. The number of nitrogens with zero attached hydrogens (tertiary/aromatic N) is 2. The second-order valence-electron chi connectivity index (χ2n) is 6.68. The highest BCUT2D eigenvalue weighted by atomic mass is 16.5. The fourth-order valence-electron chi connectivity index (χ4n) is 2.53. The maximum atomic E-state index is 5.80. The fourth-order valence-corrected chi connectivity index (χ4v) is 2.53. The molecule has 0 aromatic carbocycles. The van der Waals surface area contributed by atoms with Crippen LogP contribution in [0.1, 0.15) is 58.4 Å². The van der Waals surface area contributed by atoms with E-state index in [0.717, 1.165) is 12.3 Å². The normalized spacial score (nSPS) is 19.1. The van der Waals surface area contributed by atoms with E-state index in [1.165, 1.54) is 12.8 Å². The Kier molecular flexibility index (Phi) is 4.81. The summed E-state index contributed by atoms with van der Waals surface area (Å²) in [5.41, 5.74) is -0.0456. The zero-order chi connectivity index (χ0) is 14.8. The molecule has 0 spiro atoms. The van der Waals surface area contributed by atoms with E-state index >= 15 is 0 Å². The van der Waals surface area contributed by atoms with Crippen molar-refractivity contribution in [2.75, 3.05) is 13.7 Å². The number of likely N-dealkylation sites (N-methyl/N-ethyl adjacent to an activating group) is 1.